The maximum absolute atomic E-state index is 10.9. The number of rotatable bonds is 4. The number of nitrogens with one attached hydrogen (secondary N) is 1. The first-order valence-electron chi connectivity index (χ1n) is 5.07. The van der Waals surface area contributed by atoms with Crippen LogP contribution in [0.2, 0.25) is 0 Å². The molecule has 1 amide bonds. The highest BCUT2D eigenvalue weighted by Gasteiger charge is 2.01. The Bertz CT molecular complexity index is 317. The Hall–Kier alpha value is -1.51. The van der Waals surface area contributed by atoms with Gasteiger partial charge in [0.15, 0.2) is 6.61 Å². The van der Waals surface area contributed by atoms with Gasteiger partial charge in [-0.25, -0.2) is 0 Å². The van der Waals surface area contributed by atoms with Gasteiger partial charge in [0.05, 0.1) is 0 Å². The summed E-state index contributed by atoms with van der Waals surface area (Å²) in [6.07, 6.45) is 0. The van der Waals surface area contributed by atoms with Crippen LogP contribution in [0.4, 0.5) is 0 Å². The van der Waals surface area contributed by atoms with Crippen LogP contribution in [0, 0.1) is 0 Å². The van der Waals surface area contributed by atoms with Gasteiger partial charge in [0.2, 0.25) is 0 Å². The number of ether oxygens (including phenoxy) is 1. The van der Waals surface area contributed by atoms with Crippen LogP contribution in [-0.2, 0) is 4.79 Å². The number of hydrogen-bond donors (Lipinski definition) is 1. The zero-order chi connectivity index (χ0) is 11.3. The molecule has 0 bridgehead atoms. The van der Waals surface area contributed by atoms with Crippen LogP contribution >= 0.6 is 0 Å². The zero-order valence-electron chi connectivity index (χ0n) is 9.41. The molecular formula is C12H17NO2. The van der Waals surface area contributed by atoms with E-state index in [1.54, 1.807) is 7.05 Å². The molecule has 0 aliphatic heterocycles. The Kier molecular flexibility index (Phi) is 4.16. The Morgan fingerprint density at radius 1 is 1.33 bits per heavy atom. The molecule has 0 fully saturated rings. The molecule has 0 spiro atoms. The van der Waals surface area contributed by atoms with Gasteiger partial charge in [0.25, 0.3) is 5.91 Å². The number of benzene rings is 1. The third kappa shape index (κ3) is 3.62. The van der Waals surface area contributed by atoms with Crippen molar-refractivity contribution in [3.63, 3.8) is 0 Å². The van der Waals surface area contributed by atoms with Crippen molar-refractivity contribution >= 4 is 5.91 Å². The largest absolute Gasteiger partial charge is 0.484 e. The summed E-state index contributed by atoms with van der Waals surface area (Å²) >= 11 is 0. The summed E-state index contributed by atoms with van der Waals surface area (Å²) in [5.41, 5.74) is 1.27. The molecule has 1 aromatic carbocycles. The highest BCUT2D eigenvalue weighted by atomic mass is 16.5. The van der Waals surface area contributed by atoms with Crippen LogP contribution in [-0.4, -0.2) is 19.6 Å². The quantitative estimate of drug-likeness (QED) is 0.819. The van der Waals surface area contributed by atoms with Crippen molar-refractivity contribution in [3.05, 3.63) is 29.8 Å². The fourth-order valence-corrected chi connectivity index (χ4v) is 1.17. The van der Waals surface area contributed by atoms with E-state index in [0.717, 1.165) is 5.75 Å². The first-order chi connectivity index (χ1) is 7.13. The Morgan fingerprint density at radius 2 is 1.93 bits per heavy atom. The van der Waals surface area contributed by atoms with Gasteiger partial charge in [-0.1, -0.05) is 26.0 Å². The minimum Gasteiger partial charge on any atom is -0.484 e. The summed E-state index contributed by atoms with van der Waals surface area (Å²) < 4.78 is 5.28. The molecule has 3 heteroatoms. The average Bonchev–Trinajstić information content (AvgIpc) is 2.26. The molecule has 0 aliphatic carbocycles. The third-order valence-corrected chi connectivity index (χ3v) is 2.20. The van der Waals surface area contributed by atoms with Crippen molar-refractivity contribution in [3.8, 4) is 5.75 Å². The van der Waals surface area contributed by atoms with Gasteiger partial charge in [-0.05, 0) is 23.6 Å². The van der Waals surface area contributed by atoms with E-state index >= 15 is 0 Å². The van der Waals surface area contributed by atoms with E-state index in [2.05, 4.69) is 19.2 Å². The molecule has 1 N–H and O–H groups in total. The second kappa shape index (κ2) is 5.39. The van der Waals surface area contributed by atoms with Crippen molar-refractivity contribution in [1.29, 1.82) is 0 Å². The number of amides is 1. The molecule has 82 valence electrons. The summed E-state index contributed by atoms with van der Waals surface area (Å²) in [5, 5.41) is 2.50. The van der Waals surface area contributed by atoms with E-state index in [0.29, 0.717) is 5.92 Å². The molecule has 3 nitrogen and oxygen atoms in total. The van der Waals surface area contributed by atoms with E-state index in [-0.39, 0.29) is 12.5 Å². The molecule has 0 saturated heterocycles. The lowest BCUT2D eigenvalue weighted by Gasteiger charge is -2.08. The smallest absolute Gasteiger partial charge is 0.257 e. The van der Waals surface area contributed by atoms with Gasteiger partial charge in [-0.2, -0.15) is 0 Å². The topological polar surface area (TPSA) is 38.3 Å². The van der Waals surface area contributed by atoms with E-state index in [9.17, 15) is 4.79 Å². The summed E-state index contributed by atoms with van der Waals surface area (Å²) in [4.78, 5) is 10.9. The fraction of sp³-hybridized carbons (Fsp3) is 0.417. The normalized spacial score (nSPS) is 10.1. The van der Waals surface area contributed by atoms with Crippen LogP contribution in [0.3, 0.4) is 0 Å². The van der Waals surface area contributed by atoms with E-state index in [4.69, 9.17) is 4.74 Å². The summed E-state index contributed by atoms with van der Waals surface area (Å²) in [7, 11) is 1.59. The van der Waals surface area contributed by atoms with Gasteiger partial charge in [0, 0.05) is 7.05 Å². The van der Waals surface area contributed by atoms with E-state index in [1.807, 2.05) is 24.3 Å². The minimum absolute atomic E-state index is 0.0670. The second-order valence-corrected chi connectivity index (χ2v) is 3.69. The Labute approximate surface area is 90.4 Å². The van der Waals surface area contributed by atoms with Crippen molar-refractivity contribution in [2.24, 2.45) is 0 Å². The van der Waals surface area contributed by atoms with Crippen LogP contribution in [0.25, 0.3) is 0 Å². The van der Waals surface area contributed by atoms with Gasteiger partial charge < -0.3 is 10.1 Å². The predicted molar refractivity (Wildman–Crippen MR) is 60.1 cm³/mol. The minimum atomic E-state index is -0.122. The van der Waals surface area contributed by atoms with E-state index < -0.39 is 0 Å². The molecule has 0 heterocycles. The predicted octanol–water partition coefficient (Wildman–Crippen LogP) is 1.93. The third-order valence-electron chi connectivity index (χ3n) is 2.20. The summed E-state index contributed by atoms with van der Waals surface area (Å²) in [5.74, 6) is 1.11. The molecule has 0 radical (unpaired) electrons. The van der Waals surface area contributed by atoms with Crippen molar-refractivity contribution < 1.29 is 9.53 Å². The van der Waals surface area contributed by atoms with Gasteiger partial charge >= 0.3 is 0 Å². The van der Waals surface area contributed by atoms with Crippen LogP contribution < -0.4 is 10.1 Å². The Morgan fingerprint density at radius 3 is 2.40 bits per heavy atom. The van der Waals surface area contributed by atoms with E-state index in [1.165, 1.54) is 5.56 Å². The first kappa shape index (κ1) is 11.6. The molecule has 1 aromatic rings. The fourth-order valence-electron chi connectivity index (χ4n) is 1.17. The highest BCUT2D eigenvalue weighted by Crippen LogP contribution is 2.18. The second-order valence-electron chi connectivity index (χ2n) is 3.69. The molecule has 0 aliphatic rings. The zero-order valence-corrected chi connectivity index (χ0v) is 9.41. The Balaban J connectivity index is 2.53. The molecule has 1 rings (SSSR count). The maximum atomic E-state index is 10.9. The van der Waals surface area contributed by atoms with Crippen molar-refractivity contribution in [2.45, 2.75) is 19.8 Å². The molecular weight excluding hydrogens is 190 g/mol. The maximum Gasteiger partial charge on any atom is 0.257 e. The van der Waals surface area contributed by atoms with Gasteiger partial charge in [0.1, 0.15) is 5.75 Å². The van der Waals surface area contributed by atoms with Crippen molar-refractivity contribution in [1.82, 2.24) is 5.32 Å². The molecule has 0 saturated carbocycles. The summed E-state index contributed by atoms with van der Waals surface area (Å²) in [6.45, 7) is 4.35. The van der Waals surface area contributed by atoms with Crippen molar-refractivity contribution in [2.75, 3.05) is 13.7 Å². The van der Waals surface area contributed by atoms with Gasteiger partial charge in [-0.15, -0.1) is 0 Å². The van der Waals surface area contributed by atoms with Gasteiger partial charge in [-0.3, -0.25) is 4.79 Å². The lowest BCUT2D eigenvalue weighted by Crippen LogP contribution is -2.24. The number of likely N-dealkylation sites (N-methyl/N-ethyl adjacent to an activating group) is 1. The van der Waals surface area contributed by atoms with Crippen LogP contribution in [0.5, 0.6) is 5.75 Å². The lowest BCUT2D eigenvalue weighted by molar-refractivity contribution is -0.122. The lowest BCUT2D eigenvalue weighted by atomic mass is 10.0. The molecule has 0 atom stereocenters. The average molecular weight is 207 g/mol. The number of hydrogen-bond acceptors (Lipinski definition) is 2. The summed E-state index contributed by atoms with van der Waals surface area (Å²) in [6, 6.07) is 7.81. The monoisotopic (exact) mass is 207 g/mol. The number of carbonyl (C=O) groups is 1. The standard InChI is InChI=1S/C12H17NO2/c1-9(2)10-4-6-11(7-5-10)15-8-12(14)13-3/h4-7,9H,8H2,1-3H3,(H,13,14). The molecule has 15 heavy (non-hydrogen) atoms. The molecule has 0 aromatic heterocycles. The SMILES string of the molecule is CNC(=O)COc1ccc(C(C)C)cc1. The molecule has 0 unspecified atom stereocenters. The first-order valence-corrected chi connectivity index (χ1v) is 5.07. The van der Waals surface area contributed by atoms with Crippen LogP contribution in [0.1, 0.15) is 25.3 Å². The van der Waals surface area contributed by atoms with Crippen LogP contribution in [0.15, 0.2) is 24.3 Å². The number of carbonyl (C=O) groups excluding carboxylic acids is 1. The highest BCUT2D eigenvalue weighted by molar-refractivity contribution is 5.77.